The van der Waals surface area contributed by atoms with Crippen LogP contribution in [0.3, 0.4) is 0 Å². The normalized spacial score (nSPS) is 12.8. The summed E-state index contributed by atoms with van der Waals surface area (Å²) in [7, 11) is 0. The van der Waals surface area contributed by atoms with Gasteiger partial charge in [-0.3, -0.25) is 9.59 Å². The van der Waals surface area contributed by atoms with E-state index in [0.29, 0.717) is 16.5 Å². The van der Waals surface area contributed by atoms with E-state index in [-0.39, 0.29) is 11.6 Å². The average molecular weight is 260 g/mol. The minimum atomic E-state index is -0.952. The number of rotatable bonds is 3. The van der Waals surface area contributed by atoms with Gasteiger partial charge in [0.1, 0.15) is 0 Å². The second kappa shape index (κ2) is 4.84. The third kappa shape index (κ3) is 2.23. The van der Waals surface area contributed by atoms with Crippen LogP contribution in [0.15, 0.2) is 29.1 Å². The first-order valence-electron chi connectivity index (χ1n) is 6.17. The lowest BCUT2D eigenvalue weighted by Crippen LogP contribution is -2.27. The van der Waals surface area contributed by atoms with Crippen LogP contribution in [-0.4, -0.2) is 20.9 Å². The van der Waals surface area contributed by atoms with E-state index in [1.54, 1.807) is 31.2 Å². The SMILES string of the molecule is CC(C)n1nc([C@@H](C)C(=O)O)c2ccccc2c1=O. The fourth-order valence-corrected chi connectivity index (χ4v) is 2.02. The lowest BCUT2D eigenvalue weighted by Gasteiger charge is -2.15. The van der Waals surface area contributed by atoms with Crippen molar-refractivity contribution in [2.24, 2.45) is 0 Å². The molecule has 1 aromatic heterocycles. The Hall–Kier alpha value is -2.17. The van der Waals surface area contributed by atoms with Gasteiger partial charge in [0.15, 0.2) is 0 Å². The van der Waals surface area contributed by atoms with Crippen LogP contribution in [-0.2, 0) is 4.79 Å². The first-order valence-corrected chi connectivity index (χ1v) is 6.17. The number of aromatic nitrogens is 2. The smallest absolute Gasteiger partial charge is 0.312 e. The molecular formula is C14H16N2O3. The highest BCUT2D eigenvalue weighted by Crippen LogP contribution is 2.22. The van der Waals surface area contributed by atoms with Gasteiger partial charge in [0.05, 0.1) is 23.0 Å². The molecule has 0 radical (unpaired) electrons. The Balaban J connectivity index is 2.86. The Morgan fingerprint density at radius 1 is 1.21 bits per heavy atom. The van der Waals surface area contributed by atoms with Gasteiger partial charge in [-0.2, -0.15) is 5.10 Å². The summed E-state index contributed by atoms with van der Waals surface area (Å²) >= 11 is 0. The Morgan fingerprint density at radius 3 is 2.32 bits per heavy atom. The van der Waals surface area contributed by atoms with Crippen molar-refractivity contribution >= 4 is 16.7 Å². The first kappa shape index (κ1) is 13.3. The molecule has 19 heavy (non-hydrogen) atoms. The van der Waals surface area contributed by atoms with E-state index < -0.39 is 11.9 Å². The van der Waals surface area contributed by atoms with Crippen molar-refractivity contribution < 1.29 is 9.90 Å². The number of carbonyl (C=O) groups is 1. The van der Waals surface area contributed by atoms with Gasteiger partial charge in [-0.05, 0) is 26.8 Å². The van der Waals surface area contributed by atoms with Gasteiger partial charge in [-0.15, -0.1) is 0 Å². The van der Waals surface area contributed by atoms with Crippen molar-refractivity contribution in [3.05, 3.63) is 40.3 Å². The van der Waals surface area contributed by atoms with E-state index in [1.807, 2.05) is 13.8 Å². The fraction of sp³-hybridized carbons (Fsp3) is 0.357. The minimum absolute atomic E-state index is 0.114. The molecule has 2 rings (SSSR count). The van der Waals surface area contributed by atoms with E-state index in [0.717, 1.165) is 0 Å². The molecule has 5 nitrogen and oxygen atoms in total. The number of fused-ring (bicyclic) bond motifs is 1. The molecule has 0 aliphatic heterocycles. The summed E-state index contributed by atoms with van der Waals surface area (Å²) in [5, 5.41) is 14.5. The van der Waals surface area contributed by atoms with Crippen LogP contribution in [0.25, 0.3) is 10.8 Å². The van der Waals surface area contributed by atoms with Crippen LogP contribution in [0.1, 0.15) is 38.4 Å². The fourth-order valence-electron chi connectivity index (χ4n) is 2.02. The van der Waals surface area contributed by atoms with E-state index >= 15 is 0 Å². The van der Waals surface area contributed by atoms with Gasteiger partial charge < -0.3 is 5.11 Å². The topological polar surface area (TPSA) is 72.2 Å². The summed E-state index contributed by atoms with van der Waals surface area (Å²) in [5.74, 6) is -1.71. The summed E-state index contributed by atoms with van der Waals surface area (Å²) < 4.78 is 1.34. The zero-order valence-electron chi connectivity index (χ0n) is 11.1. The van der Waals surface area contributed by atoms with Gasteiger partial charge in [0, 0.05) is 5.39 Å². The zero-order valence-corrected chi connectivity index (χ0v) is 11.1. The molecule has 1 atom stereocenters. The standard InChI is InChI=1S/C14H16N2O3/c1-8(2)16-13(17)11-7-5-4-6-10(11)12(15-16)9(3)14(18)19/h4-9H,1-3H3,(H,18,19)/t9-/m1/s1. The molecule has 0 fully saturated rings. The number of hydrogen-bond acceptors (Lipinski definition) is 3. The van der Waals surface area contributed by atoms with E-state index in [4.69, 9.17) is 5.11 Å². The second-order valence-electron chi connectivity index (χ2n) is 4.83. The number of nitrogens with zero attached hydrogens (tertiary/aromatic N) is 2. The highest BCUT2D eigenvalue weighted by atomic mass is 16.4. The van der Waals surface area contributed by atoms with Crippen molar-refractivity contribution in [3.8, 4) is 0 Å². The number of aliphatic carboxylic acids is 1. The van der Waals surface area contributed by atoms with Gasteiger partial charge >= 0.3 is 5.97 Å². The maximum Gasteiger partial charge on any atom is 0.312 e. The predicted molar refractivity (Wildman–Crippen MR) is 72.4 cm³/mol. The third-order valence-electron chi connectivity index (χ3n) is 3.13. The maximum absolute atomic E-state index is 12.3. The number of carboxylic acid groups (broad SMARTS) is 1. The van der Waals surface area contributed by atoms with E-state index in [9.17, 15) is 9.59 Å². The average Bonchev–Trinajstić information content (AvgIpc) is 2.38. The molecule has 1 N–H and O–H groups in total. The van der Waals surface area contributed by atoms with Gasteiger partial charge in [0.2, 0.25) is 0 Å². The molecule has 0 saturated carbocycles. The zero-order chi connectivity index (χ0) is 14.2. The van der Waals surface area contributed by atoms with Crippen molar-refractivity contribution in [2.75, 3.05) is 0 Å². The highest BCUT2D eigenvalue weighted by molar-refractivity contribution is 5.88. The van der Waals surface area contributed by atoms with Crippen LogP contribution >= 0.6 is 0 Å². The van der Waals surface area contributed by atoms with Crippen LogP contribution < -0.4 is 5.56 Å². The maximum atomic E-state index is 12.3. The molecule has 0 aliphatic rings. The van der Waals surface area contributed by atoms with Crippen LogP contribution in [0.2, 0.25) is 0 Å². The summed E-state index contributed by atoms with van der Waals surface area (Å²) in [4.78, 5) is 23.4. The molecule has 0 spiro atoms. The van der Waals surface area contributed by atoms with Gasteiger partial charge in [-0.1, -0.05) is 18.2 Å². The molecule has 100 valence electrons. The lowest BCUT2D eigenvalue weighted by atomic mass is 10.0. The molecule has 0 amide bonds. The van der Waals surface area contributed by atoms with Crippen molar-refractivity contribution in [3.63, 3.8) is 0 Å². The number of hydrogen-bond donors (Lipinski definition) is 1. The Kier molecular flexibility index (Phi) is 3.38. The van der Waals surface area contributed by atoms with E-state index in [2.05, 4.69) is 5.10 Å². The summed E-state index contributed by atoms with van der Waals surface area (Å²) in [5.41, 5.74) is 0.239. The molecule has 0 aliphatic carbocycles. The Bertz CT molecular complexity index is 689. The van der Waals surface area contributed by atoms with Crippen LogP contribution in [0.5, 0.6) is 0 Å². The molecule has 0 unspecified atom stereocenters. The van der Waals surface area contributed by atoms with E-state index in [1.165, 1.54) is 4.68 Å². The predicted octanol–water partition coefficient (Wildman–Crippen LogP) is 2.17. The quantitative estimate of drug-likeness (QED) is 0.918. The molecule has 1 heterocycles. The summed E-state index contributed by atoms with van der Waals surface area (Å²) in [6.07, 6.45) is 0. The third-order valence-corrected chi connectivity index (χ3v) is 3.13. The number of benzene rings is 1. The molecule has 2 aromatic rings. The van der Waals surface area contributed by atoms with Crippen molar-refractivity contribution in [1.82, 2.24) is 9.78 Å². The minimum Gasteiger partial charge on any atom is -0.481 e. The summed E-state index contributed by atoms with van der Waals surface area (Å²) in [6.45, 7) is 5.27. The Morgan fingerprint density at radius 2 is 1.79 bits per heavy atom. The Labute approximate surface area is 110 Å². The van der Waals surface area contributed by atoms with Crippen molar-refractivity contribution in [1.29, 1.82) is 0 Å². The largest absolute Gasteiger partial charge is 0.481 e. The van der Waals surface area contributed by atoms with Crippen LogP contribution in [0.4, 0.5) is 0 Å². The highest BCUT2D eigenvalue weighted by Gasteiger charge is 2.21. The van der Waals surface area contributed by atoms with Gasteiger partial charge in [-0.25, -0.2) is 4.68 Å². The molecule has 0 saturated heterocycles. The van der Waals surface area contributed by atoms with Gasteiger partial charge in [0.25, 0.3) is 5.56 Å². The van der Waals surface area contributed by atoms with Crippen molar-refractivity contribution in [2.45, 2.75) is 32.7 Å². The molecule has 5 heteroatoms. The molecule has 0 bridgehead atoms. The lowest BCUT2D eigenvalue weighted by molar-refractivity contribution is -0.138. The van der Waals surface area contributed by atoms with Crippen LogP contribution in [0, 0.1) is 0 Å². The monoisotopic (exact) mass is 260 g/mol. The molecule has 1 aromatic carbocycles. The summed E-state index contributed by atoms with van der Waals surface area (Å²) in [6, 6.07) is 6.88. The first-order chi connectivity index (χ1) is 8.93. The molecular weight excluding hydrogens is 244 g/mol. The second-order valence-corrected chi connectivity index (χ2v) is 4.83. The number of carboxylic acids is 1.